The van der Waals surface area contributed by atoms with Crippen LogP contribution in [0.1, 0.15) is 15.9 Å². The zero-order chi connectivity index (χ0) is 18.3. The molecule has 2 aromatic carbocycles. The third-order valence-corrected chi connectivity index (χ3v) is 2.95. The van der Waals surface area contributed by atoms with Crippen LogP contribution in [-0.4, -0.2) is 5.97 Å². The molecule has 0 spiro atoms. The molecule has 0 radical (unpaired) electrons. The number of carbonyl (C=O) groups excluding carboxylic acids is 1. The van der Waals surface area contributed by atoms with Crippen molar-refractivity contribution in [2.75, 3.05) is 0 Å². The van der Waals surface area contributed by atoms with E-state index in [0.717, 1.165) is 0 Å². The Morgan fingerprint density at radius 3 is 1.58 bits per heavy atom. The Labute approximate surface area is 128 Å². The van der Waals surface area contributed by atoms with E-state index in [-0.39, 0.29) is 6.07 Å². The molecule has 2 rings (SSSR count). The predicted molar refractivity (Wildman–Crippen MR) is 62.2 cm³/mol. The molecule has 0 heterocycles. The predicted octanol–water partition coefficient (Wildman–Crippen LogP) is 4.33. The molecule has 2 nitrogen and oxygen atoms in total. The van der Waals surface area contributed by atoms with Crippen molar-refractivity contribution >= 4 is 5.97 Å². The molecular weight excluding hydrogens is 352 g/mol. The molecule has 0 aromatic heterocycles. The van der Waals surface area contributed by atoms with Crippen LogP contribution < -0.4 is 4.74 Å². The van der Waals surface area contributed by atoms with Crippen LogP contribution in [0.3, 0.4) is 0 Å². The van der Waals surface area contributed by atoms with Crippen LogP contribution in [0.15, 0.2) is 6.07 Å². The van der Waals surface area contributed by atoms with Crippen molar-refractivity contribution in [3.8, 4) is 5.75 Å². The Bertz CT molecular complexity index is 808. The summed E-state index contributed by atoms with van der Waals surface area (Å²) < 4.78 is 110. The summed E-state index contributed by atoms with van der Waals surface area (Å²) in [7, 11) is 0. The van der Waals surface area contributed by atoms with Crippen LogP contribution in [0.25, 0.3) is 0 Å². The van der Waals surface area contributed by atoms with Crippen molar-refractivity contribution in [1.82, 2.24) is 0 Å². The summed E-state index contributed by atoms with van der Waals surface area (Å²) in [4.78, 5) is 11.6. The lowest BCUT2D eigenvalue weighted by molar-refractivity contribution is 0.0704. The Morgan fingerprint density at radius 2 is 1.17 bits per heavy atom. The highest BCUT2D eigenvalue weighted by Gasteiger charge is 2.31. The highest BCUT2D eigenvalue weighted by Crippen LogP contribution is 2.29. The molecule has 0 aliphatic rings. The number of carbonyl (C=O) groups is 1. The largest absolute Gasteiger partial charge is 0.416 e. The number of hydrogen-bond donors (Lipinski definition) is 0. The van der Waals surface area contributed by atoms with Crippen LogP contribution in [0.4, 0.5) is 35.1 Å². The molecule has 0 saturated heterocycles. The number of benzene rings is 2. The minimum absolute atomic E-state index is 0.214. The molecule has 0 unspecified atom stereocenters. The van der Waals surface area contributed by atoms with E-state index in [1.807, 2.05) is 0 Å². The first kappa shape index (κ1) is 17.7. The number of esters is 1. The molecule has 0 bridgehead atoms. The summed E-state index contributed by atoms with van der Waals surface area (Å²) in [6.45, 7) is 0.660. The van der Waals surface area contributed by atoms with Gasteiger partial charge in [-0.3, -0.25) is 0 Å². The summed E-state index contributed by atoms with van der Waals surface area (Å²) in [5, 5.41) is 0. The maximum atomic E-state index is 13.6. The summed E-state index contributed by atoms with van der Waals surface area (Å²) in [6, 6.07) is -0.214. The van der Waals surface area contributed by atoms with Gasteiger partial charge in [0.2, 0.25) is 17.4 Å². The van der Waals surface area contributed by atoms with E-state index in [1.165, 1.54) is 0 Å². The van der Waals surface area contributed by atoms with E-state index in [4.69, 9.17) is 0 Å². The molecular formula is C14H4F8O2. The Kier molecular flexibility index (Phi) is 4.50. The van der Waals surface area contributed by atoms with Gasteiger partial charge in [0.15, 0.2) is 34.9 Å². The van der Waals surface area contributed by atoms with E-state index < -0.39 is 69.4 Å². The van der Waals surface area contributed by atoms with E-state index in [9.17, 15) is 39.9 Å². The third-order valence-electron chi connectivity index (χ3n) is 2.95. The number of rotatable bonds is 2. The number of hydrogen-bond acceptors (Lipinski definition) is 2. The van der Waals surface area contributed by atoms with Gasteiger partial charge in [0.25, 0.3) is 0 Å². The molecule has 0 aliphatic carbocycles. The van der Waals surface area contributed by atoms with E-state index in [2.05, 4.69) is 4.74 Å². The van der Waals surface area contributed by atoms with Gasteiger partial charge in [-0.2, -0.15) is 8.78 Å². The van der Waals surface area contributed by atoms with Crippen molar-refractivity contribution in [2.24, 2.45) is 0 Å². The second-order valence-corrected chi connectivity index (χ2v) is 4.44. The van der Waals surface area contributed by atoms with Gasteiger partial charge >= 0.3 is 5.97 Å². The quantitative estimate of drug-likeness (QED) is 0.347. The molecule has 0 saturated carbocycles. The molecule has 24 heavy (non-hydrogen) atoms. The summed E-state index contributed by atoms with van der Waals surface area (Å²) >= 11 is 0. The van der Waals surface area contributed by atoms with E-state index in [1.54, 1.807) is 0 Å². The Morgan fingerprint density at radius 1 is 0.750 bits per heavy atom. The van der Waals surface area contributed by atoms with Crippen molar-refractivity contribution in [2.45, 2.75) is 6.92 Å². The van der Waals surface area contributed by atoms with Gasteiger partial charge in [-0.25, -0.2) is 31.1 Å². The van der Waals surface area contributed by atoms with Gasteiger partial charge in [-0.05, 0) is 6.92 Å². The lowest BCUT2D eigenvalue weighted by Gasteiger charge is -2.11. The first-order valence-electron chi connectivity index (χ1n) is 5.95. The second-order valence-electron chi connectivity index (χ2n) is 4.44. The van der Waals surface area contributed by atoms with Crippen LogP contribution >= 0.6 is 0 Å². The molecule has 0 aliphatic heterocycles. The minimum Gasteiger partial charge on any atom is -0.416 e. The van der Waals surface area contributed by atoms with Gasteiger partial charge in [-0.1, -0.05) is 0 Å². The maximum Gasteiger partial charge on any atom is 0.349 e. The molecule has 0 fully saturated rings. The Hall–Kier alpha value is -2.65. The van der Waals surface area contributed by atoms with Crippen LogP contribution in [0, 0.1) is 53.5 Å². The first-order valence-corrected chi connectivity index (χ1v) is 5.95. The van der Waals surface area contributed by atoms with Gasteiger partial charge in [-0.15, -0.1) is 0 Å². The van der Waals surface area contributed by atoms with Crippen LogP contribution in [0.2, 0.25) is 0 Å². The zero-order valence-corrected chi connectivity index (χ0v) is 11.4. The van der Waals surface area contributed by atoms with E-state index in [0.29, 0.717) is 6.92 Å². The molecule has 128 valence electrons. The fourth-order valence-electron chi connectivity index (χ4n) is 1.71. The number of halogens is 8. The molecule has 10 heteroatoms. The Balaban J connectivity index is 2.58. The standard InChI is InChI=1S/C14H4F8O2/c1-3-7(17)11(21)6(12(22)8(3)18)14(23)24-13-9(19)4(15)2-5(16)10(13)20/h2H,1H3. The lowest BCUT2D eigenvalue weighted by Crippen LogP contribution is -2.18. The van der Waals surface area contributed by atoms with Crippen molar-refractivity contribution in [3.63, 3.8) is 0 Å². The number of ether oxygens (including phenoxy) is 1. The fourth-order valence-corrected chi connectivity index (χ4v) is 1.71. The first-order chi connectivity index (χ1) is 11.1. The monoisotopic (exact) mass is 356 g/mol. The smallest absolute Gasteiger partial charge is 0.349 e. The molecule has 0 N–H and O–H groups in total. The fraction of sp³-hybridized carbons (Fsp3) is 0.0714. The average molecular weight is 356 g/mol. The van der Waals surface area contributed by atoms with Gasteiger partial charge in [0, 0.05) is 11.6 Å². The maximum absolute atomic E-state index is 13.6. The molecule has 0 amide bonds. The van der Waals surface area contributed by atoms with Crippen LogP contribution in [0.5, 0.6) is 5.75 Å². The van der Waals surface area contributed by atoms with E-state index >= 15 is 0 Å². The highest BCUT2D eigenvalue weighted by atomic mass is 19.2. The average Bonchev–Trinajstić information content (AvgIpc) is 2.53. The summed E-state index contributed by atoms with van der Waals surface area (Å²) in [5.74, 6) is -20.9. The van der Waals surface area contributed by atoms with Gasteiger partial charge < -0.3 is 4.74 Å². The summed E-state index contributed by atoms with van der Waals surface area (Å²) in [6.07, 6.45) is 0. The van der Waals surface area contributed by atoms with Crippen LogP contribution in [-0.2, 0) is 0 Å². The SMILES string of the molecule is Cc1c(F)c(F)c(C(=O)Oc2c(F)c(F)cc(F)c2F)c(F)c1F. The second kappa shape index (κ2) is 6.10. The van der Waals surface area contributed by atoms with Crippen molar-refractivity contribution in [1.29, 1.82) is 0 Å². The lowest BCUT2D eigenvalue weighted by atomic mass is 10.1. The summed E-state index contributed by atoms with van der Waals surface area (Å²) in [5.41, 5.74) is -3.06. The molecule has 2 aromatic rings. The van der Waals surface area contributed by atoms with Gasteiger partial charge in [0.05, 0.1) is 0 Å². The normalized spacial score (nSPS) is 10.9. The van der Waals surface area contributed by atoms with Gasteiger partial charge in [0.1, 0.15) is 5.56 Å². The highest BCUT2D eigenvalue weighted by molar-refractivity contribution is 5.92. The minimum atomic E-state index is -2.30. The van der Waals surface area contributed by atoms with Crippen molar-refractivity contribution < 1.29 is 44.7 Å². The zero-order valence-electron chi connectivity index (χ0n) is 11.4. The molecule has 0 atom stereocenters. The third kappa shape index (κ3) is 2.68. The van der Waals surface area contributed by atoms with Crippen molar-refractivity contribution in [3.05, 3.63) is 63.7 Å². The topological polar surface area (TPSA) is 26.3 Å².